The van der Waals surface area contributed by atoms with E-state index in [0.29, 0.717) is 12.2 Å². The average Bonchev–Trinajstić information content (AvgIpc) is 2.77. The smallest absolute Gasteiger partial charge is 0.311 e. The van der Waals surface area contributed by atoms with Gasteiger partial charge in [-0.3, -0.25) is 9.69 Å². The Kier molecular flexibility index (Phi) is 7.84. The van der Waals surface area contributed by atoms with Crippen LogP contribution in [0.4, 0.5) is 5.69 Å². The Balaban J connectivity index is 1.96. The number of carbonyl (C=O) groups is 1. The second kappa shape index (κ2) is 10.3. The van der Waals surface area contributed by atoms with Crippen molar-refractivity contribution in [2.45, 2.75) is 92.7 Å². The molecule has 33 heavy (non-hydrogen) atoms. The molecule has 0 fully saturated rings. The SMILES string of the molecule is CCCCCC(=O)Oc1c(C)c(C)c2c(c1C)CCC(C)(N(C=S)c1c(C)cccc1C)O2. The number of hydrogen-bond donors (Lipinski definition) is 0. The summed E-state index contributed by atoms with van der Waals surface area (Å²) in [5.41, 5.74) is 8.64. The Morgan fingerprint density at radius 2 is 1.79 bits per heavy atom. The number of thiocarbonyl (C=S) groups is 1. The molecule has 2 aromatic carbocycles. The zero-order chi connectivity index (χ0) is 24.3. The van der Waals surface area contributed by atoms with E-state index in [1.165, 1.54) is 11.1 Å². The standard InChI is InChI=1S/C28H37NO3S/c1-8-9-10-14-24(30)31-26-20(4)21(5)27-23(22(26)6)15-16-28(7,32-27)29(17-33)25-18(2)12-11-13-19(25)3/h11-13,17H,8-10,14-16H2,1-7H3. The molecule has 0 radical (unpaired) electrons. The Bertz CT molecular complexity index is 1040. The van der Waals surface area contributed by atoms with Crippen LogP contribution in [0.1, 0.15) is 79.3 Å². The molecule has 1 aliphatic heterocycles. The van der Waals surface area contributed by atoms with Crippen molar-refractivity contribution in [3.8, 4) is 11.5 Å². The highest BCUT2D eigenvalue weighted by Gasteiger charge is 2.40. The molecule has 0 amide bonds. The van der Waals surface area contributed by atoms with Gasteiger partial charge in [0.1, 0.15) is 11.5 Å². The highest BCUT2D eigenvalue weighted by Crippen LogP contribution is 2.45. The summed E-state index contributed by atoms with van der Waals surface area (Å²) in [6.45, 7) is 14.5. The highest BCUT2D eigenvalue weighted by atomic mass is 32.1. The molecule has 0 saturated carbocycles. The van der Waals surface area contributed by atoms with E-state index in [1.54, 1.807) is 5.49 Å². The van der Waals surface area contributed by atoms with E-state index in [2.05, 4.69) is 57.7 Å². The number of anilines is 1. The van der Waals surface area contributed by atoms with Gasteiger partial charge in [-0.15, -0.1) is 0 Å². The van der Waals surface area contributed by atoms with Crippen LogP contribution in [-0.2, 0) is 11.2 Å². The number of esters is 1. The molecule has 3 rings (SSSR count). The van der Waals surface area contributed by atoms with Gasteiger partial charge in [0, 0.05) is 18.4 Å². The summed E-state index contributed by atoms with van der Waals surface area (Å²) in [6.07, 6.45) is 5.04. The maximum absolute atomic E-state index is 12.4. The number of benzene rings is 2. The Hall–Kier alpha value is -2.40. The molecule has 1 unspecified atom stereocenters. The number of fused-ring (bicyclic) bond motifs is 1. The summed E-state index contributed by atoms with van der Waals surface area (Å²) in [4.78, 5) is 14.5. The second-order valence-corrected chi connectivity index (χ2v) is 9.65. The number of para-hydroxylation sites is 1. The fraction of sp³-hybridized carbons (Fsp3) is 0.500. The topological polar surface area (TPSA) is 38.8 Å². The number of rotatable bonds is 8. The first-order valence-corrected chi connectivity index (χ1v) is 12.4. The van der Waals surface area contributed by atoms with Crippen molar-refractivity contribution in [3.05, 3.63) is 51.6 Å². The lowest BCUT2D eigenvalue weighted by atomic mass is 9.89. The number of ether oxygens (including phenoxy) is 2. The van der Waals surface area contributed by atoms with Crippen molar-refractivity contribution in [1.82, 2.24) is 0 Å². The number of nitrogens with zero attached hydrogens (tertiary/aromatic N) is 1. The Morgan fingerprint density at radius 1 is 1.12 bits per heavy atom. The lowest BCUT2D eigenvalue weighted by Gasteiger charge is -2.45. The number of carbonyl (C=O) groups excluding carboxylic acids is 1. The van der Waals surface area contributed by atoms with Crippen molar-refractivity contribution in [3.63, 3.8) is 0 Å². The molecular formula is C28H37NO3S. The zero-order valence-electron chi connectivity index (χ0n) is 21.1. The van der Waals surface area contributed by atoms with E-state index in [4.69, 9.17) is 21.7 Å². The van der Waals surface area contributed by atoms with Gasteiger partial charge in [0.05, 0.1) is 11.2 Å². The maximum Gasteiger partial charge on any atom is 0.311 e. The summed E-state index contributed by atoms with van der Waals surface area (Å²) in [5.74, 6) is 1.43. The first-order chi connectivity index (χ1) is 15.6. The van der Waals surface area contributed by atoms with E-state index in [0.717, 1.165) is 65.8 Å². The fourth-order valence-corrected chi connectivity index (χ4v) is 5.14. The predicted molar refractivity (Wildman–Crippen MR) is 140 cm³/mol. The molecule has 5 heteroatoms. The van der Waals surface area contributed by atoms with Crippen molar-refractivity contribution in [1.29, 1.82) is 0 Å². The summed E-state index contributed by atoms with van der Waals surface area (Å²) in [5, 5.41) is 0. The quantitative estimate of drug-likeness (QED) is 0.177. The minimum atomic E-state index is -0.604. The van der Waals surface area contributed by atoms with E-state index < -0.39 is 5.72 Å². The molecule has 0 bridgehead atoms. The molecule has 2 aromatic rings. The highest BCUT2D eigenvalue weighted by molar-refractivity contribution is 7.79. The van der Waals surface area contributed by atoms with Crippen LogP contribution in [0.15, 0.2) is 18.2 Å². The van der Waals surface area contributed by atoms with Crippen LogP contribution in [-0.4, -0.2) is 17.2 Å². The summed E-state index contributed by atoms with van der Waals surface area (Å²) in [7, 11) is 0. The number of unbranched alkanes of at least 4 members (excludes halogenated alkanes) is 2. The third-order valence-electron chi connectivity index (χ3n) is 6.97. The van der Waals surface area contributed by atoms with Crippen LogP contribution in [0.3, 0.4) is 0 Å². The van der Waals surface area contributed by atoms with Gasteiger partial charge < -0.3 is 9.47 Å². The Labute approximate surface area is 204 Å². The van der Waals surface area contributed by atoms with Gasteiger partial charge in [-0.25, -0.2) is 0 Å². The first kappa shape index (κ1) is 25.2. The third-order valence-corrected chi connectivity index (χ3v) is 7.18. The average molecular weight is 468 g/mol. The van der Waals surface area contributed by atoms with Crippen LogP contribution in [0.2, 0.25) is 0 Å². The number of aryl methyl sites for hydroxylation is 2. The lowest BCUT2D eigenvalue weighted by Crippen LogP contribution is -2.53. The summed E-state index contributed by atoms with van der Waals surface area (Å²) < 4.78 is 12.6. The van der Waals surface area contributed by atoms with E-state index >= 15 is 0 Å². The molecule has 0 N–H and O–H groups in total. The fourth-order valence-electron chi connectivity index (χ4n) is 4.82. The summed E-state index contributed by atoms with van der Waals surface area (Å²) >= 11 is 5.49. The lowest BCUT2D eigenvalue weighted by molar-refractivity contribution is -0.134. The first-order valence-electron chi connectivity index (χ1n) is 12.0. The molecule has 1 atom stereocenters. The van der Waals surface area contributed by atoms with E-state index in [1.807, 2.05) is 13.8 Å². The zero-order valence-corrected chi connectivity index (χ0v) is 21.9. The Morgan fingerprint density at radius 3 is 2.39 bits per heavy atom. The van der Waals surface area contributed by atoms with Crippen molar-refractivity contribution < 1.29 is 14.3 Å². The third kappa shape index (κ3) is 4.93. The van der Waals surface area contributed by atoms with Gasteiger partial charge >= 0.3 is 5.97 Å². The molecule has 178 valence electrons. The molecule has 0 saturated heterocycles. The monoisotopic (exact) mass is 467 g/mol. The van der Waals surface area contributed by atoms with Crippen molar-refractivity contribution >= 4 is 29.4 Å². The maximum atomic E-state index is 12.4. The van der Waals surface area contributed by atoms with Crippen LogP contribution in [0, 0.1) is 34.6 Å². The molecule has 1 aliphatic rings. The van der Waals surface area contributed by atoms with E-state index in [9.17, 15) is 4.79 Å². The van der Waals surface area contributed by atoms with Crippen LogP contribution < -0.4 is 14.4 Å². The van der Waals surface area contributed by atoms with Gasteiger partial charge in [0.15, 0.2) is 5.72 Å². The van der Waals surface area contributed by atoms with Crippen molar-refractivity contribution in [2.24, 2.45) is 0 Å². The minimum absolute atomic E-state index is 0.155. The van der Waals surface area contributed by atoms with E-state index in [-0.39, 0.29) is 5.97 Å². The minimum Gasteiger partial charge on any atom is -0.467 e. The molecule has 0 aromatic heterocycles. The van der Waals surface area contributed by atoms with Gasteiger partial charge in [-0.05, 0) is 82.2 Å². The van der Waals surface area contributed by atoms with Gasteiger partial charge in [-0.1, -0.05) is 50.2 Å². The molecular weight excluding hydrogens is 430 g/mol. The predicted octanol–water partition coefficient (Wildman–Crippen LogP) is 7.22. The largest absolute Gasteiger partial charge is 0.467 e. The van der Waals surface area contributed by atoms with Gasteiger partial charge in [-0.2, -0.15) is 0 Å². The second-order valence-electron chi connectivity index (χ2n) is 9.44. The van der Waals surface area contributed by atoms with Gasteiger partial charge in [0.2, 0.25) is 0 Å². The van der Waals surface area contributed by atoms with Crippen LogP contribution in [0.5, 0.6) is 11.5 Å². The molecule has 0 spiro atoms. The van der Waals surface area contributed by atoms with Crippen LogP contribution in [0.25, 0.3) is 0 Å². The van der Waals surface area contributed by atoms with Crippen LogP contribution >= 0.6 is 12.2 Å². The normalized spacial score (nSPS) is 17.2. The summed E-state index contributed by atoms with van der Waals surface area (Å²) in [6, 6.07) is 6.28. The van der Waals surface area contributed by atoms with Crippen molar-refractivity contribution in [2.75, 3.05) is 4.90 Å². The molecule has 4 nitrogen and oxygen atoms in total. The molecule has 0 aliphatic carbocycles. The number of hydrogen-bond acceptors (Lipinski definition) is 4. The molecule has 1 heterocycles. The van der Waals surface area contributed by atoms with Gasteiger partial charge in [0.25, 0.3) is 0 Å².